The van der Waals surface area contributed by atoms with Gasteiger partial charge in [0.05, 0.1) is 14.0 Å². The van der Waals surface area contributed by atoms with Crippen LogP contribution in [-0.4, -0.2) is 18.0 Å². The molecule has 0 bridgehead atoms. The number of hydrogen-bond acceptors (Lipinski definition) is 1. The van der Waals surface area contributed by atoms with E-state index in [0.29, 0.717) is 5.66 Å². The van der Waals surface area contributed by atoms with Gasteiger partial charge < -0.3 is 5.73 Å². The summed E-state index contributed by atoms with van der Waals surface area (Å²) in [6.45, 7) is 5.06. The maximum absolute atomic E-state index is 5.35. The van der Waals surface area contributed by atoms with E-state index in [9.17, 15) is 0 Å². The lowest BCUT2D eigenvalue weighted by Gasteiger charge is -1.86. The van der Waals surface area contributed by atoms with E-state index in [4.69, 9.17) is 5.73 Å². The first-order valence-electron chi connectivity index (χ1n) is 2.55. The highest BCUT2D eigenvalue weighted by molar-refractivity contribution is 7.39. The van der Waals surface area contributed by atoms with Gasteiger partial charge >= 0.3 is 0 Å². The maximum Gasteiger partial charge on any atom is 0.123 e. The molecule has 0 aliphatic rings. The van der Waals surface area contributed by atoms with E-state index in [1.165, 1.54) is 0 Å². The lowest BCUT2D eigenvalue weighted by Crippen LogP contribution is -2.09. The molecule has 0 saturated heterocycles. The van der Waals surface area contributed by atoms with Crippen LogP contribution in [0, 0.1) is 0 Å². The molecule has 0 aliphatic carbocycles. The van der Waals surface area contributed by atoms with Gasteiger partial charge in [0.1, 0.15) is 5.66 Å². The van der Waals surface area contributed by atoms with E-state index in [0.717, 1.165) is 14.7 Å². The largest absolute Gasteiger partial charge is 0.327 e. The zero-order chi connectivity index (χ0) is 5.70. The number of hydrogen-bond donors (Lipinski definition) is 1. The Bertz CT molecular complexity index is 61.1. The van der Waals surface area contributed by atoms with Gasteiger partial charge in [0.25, 0.3) is 0 Å². The minimum absolute atomic E-state index is 0.699. The second-order valence-corrected chi connectivity index (χ2v) is 3.49. The zero-order valence-electron chi connectivity index (χ0n) is 4.94. The maximum atomic E-state index is 5.35. The summed E-state index contributed by atoms with van der Waals surface area (Å²) in [5.74, 6) is 2.18. The van der Waals surface area contributed by atoms with Crippen LogP contribution in [-0.2, 0) is 0 Å². The molecule has 2 N–H and O–H groups in total. The molecule has 0 aromatic heterocycles. The first kappa shape index (κ1) is 7.13. The van der Waals surface area contributed by atoms with Crippen LogP contribution in [0.25, 0.3) is 0 Å². The Morgan fingerprint density at radius 1 is 1.86 bits per heavy atom. The molecule has 0 aromatic carbocycles. The van der Waals surface area contributed by atoms with Crippen molar-refractivity contribution in [2.24, 2.45) is 5.73 Å². The van der Waals surface area contributed by atoms with Gasteiger partial charge in [-0.3, -0.25) is 0 Å². The minimum Gasteiger partial charge on any atom is -0.327 e. The third-order valence-corrected chi connectivity index (χ3v) is 1.94. The van der Waals surface area contributed by atoms with Crippen LogP contribution < -0.4 is 5.73 Å². The fourth-order valence-electron chi connectivity index (χ4n) is 0.353. The van der Waals surface area contributed by atoms with Crippen LogP contribution in [0.2, 0.25) is 0 Å². The van der Waals surface area contributed by atoms with Crippen molar-refractivity contribution in [3.63, 3.8) is 0 Å². The molecule has 7 heavy (non-hydrogen) atoms. The van der Waals surface area contributed by atoms with Crippen LogP contribution in [0.5, 0.6) is 0 Å². The Morgan fingerprint density at radius 3 is 2.57 bits per heavy atom. The summed E-state index contributed by atoms with van der Waals surface area (Å²) in [4.78, 5) is 0. The zero-order valence-corrected chi connectivity index (χ0v) is 5.94. The molecular weight excluding hydrogens is 105 g/mol. The quantitative estimate of drug-likeness (QED) is 0.534. The lowest BCUT2D eigenvalue weighted by molar-refractivity contribution is 0.952. The van der Waals surface area contributed by atoms with Gasteiger partial charge in [-0.25, -0.2) is 0 Å². The summed E-state index contributed by atoms with van der Waals surface area (Å²) in [6.07, 6.45) is 0. The van der Waals surface area contributed by atoms with Crippen molar-refractivity contribution in [3.05, 3.63) is 0 Å². The highest BCUT2D eigenvalue weighted by Crippen LogP contribution is 2.02. The highest BCUT2D eigenvalue weighted by atomic mass is 31.1. The molecule has 42 valence electrons. The summed E-state index contributed by atoms with van der Waals surface area (Å²) < 4.78 is 0. The van der Waals surface area contributed by atoms with Crippen molar-refractivity contribution in [1.29, 1.82) is 0 Å². The predicted molar refractivity (Wildman–Crippen MR) is 38.6 cm³/mol. The van der Waals surface area contributed by atoms with Crippen molar-refractivity contribution < 1.29 is 0 Å². The monoisotopic (exact) mass is 118 g/mol. The minimum atomic E-state index is 0.699. The fourth-order valence-corrected chi connectivity index (χ4v) is 1.06. The summed E-state index contributed by atoms with van der Waals surface area (Å²) in [7, 11) is 0.939. The van der Waals surface area contributed by atoms with Crippen LogP contribution in [0.3, 0.4) is 0 Å². The van der Waals surface area contributed by atoms with E-state index in [-0.39, 0.29) is 0 Å². The molecule has 1 unspecified atom stereocenters. The molecule has 0 fully saturated rings. The third-order valence-electron chi connectivity index (χ3n) is 0.805. The molecule has 1 nitrogen and oxygen atoms in total. The van der Waals surface area contributed by atoms with Crippen LogP contribution in [0.15, 0.2) is 0 Å². The average molecular weight is 118 g/mol. The van der Waals surface area contributed by atoms with Gasteiger partial charge in [-0.1, -0.05) is 0 Å². The van der Waals surface area contributed by atoms with Crippen molar-refractivity contribution in [3.8, 4) is 0 Å². The Hall–Kier alpha value is 0.130. The summed E-state index contributed by atoms with van der Waals surface area (Å²) in [6, 6.07) is 0. The van der Waals surface area contributed by atoms with Gasteiger partial charge in [-0.2, -0.15) is 0 Å². The first-order valence-corrected chi connectivity index (χ1v) is 3.70. The molecule has 0 aliphatic heterocycles. The number of nitrogens with two attached hydrogens (primary N) is 1. The molecule has 0 saturated carbocycles. The summed E-state index contributed by atoms with van der Waals surface area (Å²) in [5.41, 5.74) is 6.04. The first-order chi connectivity index (χ1) is 3.31. The summed E-state index contributed by atoms with van der Waals surface area (Å²) in [5, 5.41) is 0. The molecule has 0 spiro atoms. The predicted octanol–water partition coefficient (Wildman–Crippen LogP) is 0.834. The molecule has 0 heterocycles. The normalized spacial score (nSPS) is 15.3. The number of rotatable bonds is 2. The Morgan fingerprint density at radius 2 is 2.43 bits per heavy atom. The molecular formula is C5H13NP+. The third kappa shape index (κ3) is 3.97. The van der Waals surface area contributed by atoms with E-state index >= 15 is 0 Å². The van der Waals surface area contributed by atoms with Crippen molar-refractivity contribution in [2.45, 2.75) is 19.5 Å². The highest BCUT2D eigenvalue weighted by Gasteiger charge is 1.96. The van der Waals surface area contributed by atoms with Gasteiger partial charge in [0.15, 0.2) is 0 Å². The van der Waals surface area contributed by atoms with E-state index in [1.54, 1.807) is 0 Å². The van der Waals surface area contributed by atoms with Crippen molar-refractivity contribution >= 4 is 14.0 Å². The van der Waals surface area contributed by atoms with E-state index in [1.807, 2.05) is 0 Å². The van der Waals surface area contributed by atoms with Gasteiger partial charge in [0.2, 0.25) is 0 Å². The average Bonchev–Trinajstić information content (AvgIpc) is 1.68. The standard InChI is InChI=1S/C5H12NP/c1-3-7-5(2)4-6/h3,5H,4,6H2,1-2H3/p+1/t5-/m0/s1. The summed E-state index contributed by atoms with van der Waals surface area (Å²) >= 11 is 0. The Kier molecular flexibility index (Phi) is 4.37. The van der Waals surface area contributed by atoms with E-state index < -0.39 is 0 Å². The topological polar surface area (TPSA) is 26.0 Å². The molecule has 0 amide bonds. The molecule has 0 rings (SSSR count). The molecule has 2 heteroatoms. The molecule has 0 aromatic rings. The van der Waals surface area contributed by atoms with Crippen LogP contribution >= 0.6 is 8.20 Å². The van der Waals surface area contributed by atoms with Crippen molar-refractivity contribution in [1.82, 2.24) is 0 Å². The van der Waals surface area contributed by atoms with Gasteiger partial charge in [-0.15, -0.1) is 0 Å². The van der Waals surface area contributed by atoms with Gasteiger partial charge in [-0.05, 0) is 13.8 Å². The van der Waals surface area contributed by atoms with Crippen molar-refractivity contribution in [2.75, 3.05) is 6.54 Å². The van der Waals surface area contributed by atoms with E-state index in [2.05, 4.69) is 19.6 Å². The fraction of sp³-hybridized carbons (Fsp3) is 0.800. The smallest absolute Gasteiger partial charge is 0.123 e. The Labute approximate surface area is 46.7 Å². The Balaban J connectivity index is 3.16. The van der Waals surface area contributed by atoms with Crippen LogP contribution in [0.4, 0.5) is 0 Å². The SMILES string of the molecule is CC=[PH+][C@@H](C)CN. The lowest BCUT2D eigenvalue weighted by atomic mass is 10.5. The van der Waals surface area contributed by atoms with Gasteiger partial charge in [0, 0.05) is 6.54 Å². The molecule has 2 atom stereocenters. The van der Waals surface area contributed by atoms with Crippen LogP contribution in [0.1, 0.15) is 13.8 Å². The second kappa shape index (κ2) is 4.29. The molecule has 0 radical (unpaired) electrons. The second-order valence-electron chi connectivity index (χ2n) is 1.59.